The molecule has 4 nitrogen and oxygen atoms in total. The Hall–Kier alpha value is -1.81. The van der Waals surface area contributed by atoms with Gasteiger partial charge in [0, 0.05) is 19.2 Å². The Bertz CT molecular complexity index is 494. The summed E-state index contributed by atoms with van der Waals surface area (Å²) in [6.45, 7) is 2.76. The Balaban J connectivity index is 2.00. The third-order valence-electron chi connectivity index (χ3n) is 3.28. The van der Waals surface area contributed by atoms with Crippen LogP contribution in [0.15, 0.2) is 30.3 Å². The summed E-state index contributed by atoms with van der Waals surface area (Å²) in [6.07, 6.45) is 3.93. The zero-order chi connectivity index (χ0) is 13.9. The Morgan fingerprint density at radius 2 is 2.32 bits per heavy atom. The number of benzene rings is 1. The van der Waals surface area contributed by atoms with Crippen molar-refractivity contribution >= 4 is 12.0 Å². The standard InChI is InChI=1S/C15H19NO3/c1-15(18)8-9-16(11-15)14(17)7-6-12-4-3-5-13(10-12)19-2/h3-7,10,18H,8-9,11H2,1-2H3/b7-6+. The van der Waals surface area contributed by atoms with Crippen molar-refractivity contribution in [3.63, 3.8) is 0 Å². The Morgan fingerprint density at radius 1 is 1.53 bits per heavy atom. The number of rotatable bonds is 3. The molecule has 1 aromatic rings. The Morgan fingerprint density at radius 3 is 2.95 bits per heavy atom. The highest BCUT2D eigenvalue weighted by atomic mass is 16.5. The average Bonchev–Trinajstić information content (AvgIpc) is 2.76. The van der Waals surface area contributed by atoms with E-state index in [0.717, 1.165) is 11.3 Å². The molecule has 0 aliphatic carbocycles. The van der Waals surface area contributed by atoms with Crippen molar-refractivity contribution in [2.45, 2.75) is 18.9 Å². The first-order valence-corrected chi connectivity index (χ1v) is 6.34. The van der Waals surface area contributed by atoms with Gasteiger partial charge in [0.05, 0.1) is 12.7 Å². The van der Waals surface area contributed by atoms with E-state index in [9.17, 15) is 9.90 Å². The van der Waals surface area contributed by atoms with Gasteiger partial charge in [0.1, 0.15) is 5.75 Å². The van der Waals surface area contributed by atoms with E-state index >= 15 is 0 Å². The van der Waals surface area contributed by atoms with Crippen LogP contribution in [0.1, 0.15) is 18.9 Å². The normalized spacial score (nSPS) is 23.0. The van der Waals surface area contributed by atoms with Gasteiger partial charge in [-0.15, -0.1) is 0 Å². The third kappa shape index (κ3) is 3.58. The highest BCUT2D eigenvalue weighted by molar-refractivity contribution is 5.92. The quantitative estimate of drug-likeness (QED) is 0.842. The minimum Gasteiger partial charge on any atom is -0.497 e. The van der Waals surface area contributed by atoms with Crippen molar-refractivity contribution in [3.05, 3.63) is 35.9 Å². The summed E-state index contributed by atoms with van der Waals surface area (Å²) >= 11 is 0. The number of β-amino-alcohol motifs (C(OH)–C–C–N with tert-alkyl or cyclic N) is 1. The number of methoxy groups -OCH3 is 1. The molecule has 2 rings (SSSR count). The highest BCUT2D eigenvalue weighted by Crippen LogP contribution is 2.20. The largest absolute Gasteiger partial charge is 0.497 e. The second-order valence-corrected chi connectivity index (χ2v) is 5.12. The van der Waals surface area contributed by atoms with Crippen LogP contribution in [0.4, 0.5) is 0 Å². The molecular formula is C15H19NO3. The molecule has 1 fully saturated rings. The zero-order valence-corrected chi connectivity index (χ0v) is 11.3. The Labute approximate surface area is 113 Å². The van der Waals surface area contributed by atoms with Gasteiger partial charge < -0.3 is 14.7 Å². The van der Waals surface area contributed by atoms with Crippen LogP contribution in [-0.4, -0.2) is 41.7 Å². The molecule has 19 heavy (non-hydrogen) atoms. The van der Waals surface area contributed by atoms with Gasteiger partial charge in [0.15, 0.2) is 0 Å². The number of aliphatic hydroxyl groups is 1. The molecule has 1 aliphatic rings. The number of hydrogen-bond acceptors (Lipinski definition) is 3. The van der Waals surface area contributed by atoms with Crippen LogP contribution < -0.4 is 4.74 Å². The van der Waals surface area contributed by atoms with E-state index in [1.165, 1.54) is 6.08 Å². The summed E-state index contributed by atoms with van der Waals surface area (Å²) in [5.74, 6) is 0.694. The van der Waals surface area contributed by atoms with Crippen molar-refractivity contribution in [1.82, 2.24) is 4.90 Å². The molecule has 1 aromatic carbocycles. The molecule has 1 unspecified atom stereocenters. The molecule has 0 bridgehead atoms. The lowest BCUT2D eigenvalue weighted by Gasteiger charge is -2.17. The number of carbonyl (C=O) groups excluding carboxylic acids is 1. The van der Waals surface area contributed by atoms with Gasteiger partial charge in [0.25, 0.3) is 0 Å². The van der Waals surface area contributed by atoms with Crippen molar-refractivity contribution in [2.24, 2.45) is 0 Å². The summed E-state index contributed by atoms with van der Waals surface area (Å²) in [7, 11) is 1.61. The predicted molar refractivity (Wildman–Crippen MR) is 73.8 cm³/mol. The van der Waals surface area contributed by atoms with Crippen LogP contribution >= 0.6 is 0 Å². The van der Waals surface area contributed by atoms with E-state index in [2.05, 4.69) is 0 Å². The van der Waals surface area contributed by atoms with E-state index in [1.54, 1.807) is 25.0 Å². The first kappa shape index (κ1) is 13.6. The van der Waals surface area contributed by atoms with Crippen molar-refractivity contribution in [2.75, 3.05) is 20.2 Å². The van der Waals surface area contributed by atoms with Gasteiger partial charge in [-0.05, 0) is 37.1 Å². The molecule has 0 radical (unpaired) electrons. The van der Waals surface area contributed by atoms with E-state index < -0.39 is 5.60 Å². The first-order chi connectivity index (χ1) is 9.00. The number of nitrogens with zero attached hydrogens (tertiary/aromatic N) is 1. The van der Waals surface area contributed by atoms with Gasteiger partial charge >= 0.3 is 0 Å². The molecule has 1 N–H and O–H groups in total. The molecule has 0 aromatic heterocycles. The van der Waals surface area contributed by atoms with Gasteiger partial charge in [0.2, 0.25) is 5.91 Å². The summed E-state index contributed by atoms with van der Waals surface area (Å²) in [5.41, 5.74) is 0.165. The number of carbonyl (C=O) groups is 1. The molecule has 1 aliphatic heterocycles. The van der Waals surface area contributed by atoms with Gasteiger partial charge in [-0.1, -0.05) is 12.1 Å². The van der Waals surface area contributed by atoms with E-state index in [0.29, 0.717) is 19.5 Å². The number of ether oxygens (including phenoxy) is 1. The smallest absolute Gasteiger partial charge is 0.246 e. The lowest BCUT2D eigenvalue weighted by Crippen LogP contribution is -2.32. The second kappa shape index (κ2) is 5.45. The lowest BCUT2D eigenvalue weighted by molar-refractivity contribution is -0.125. The van der Waals surface area contributed by atoms with Gasteiger partial charge in [-0.2, -0.15) is 0 Å². The van der Waals surface area contributed by atoms with Crippen LogP contribution in [0.2, 0.25) is 0 Å². The van der Waals surface area contributed by atoms with Crippen LogP contribution in [-0.2, 0) is 4.79 Å². The molecule has 1 saturated heterocycles. The maximum absolute atomic E-state index is 12.0. The number of hydrogen-bond donors (Lipinski definition) is 1. The van der Waals surface area contributed by atoms with E-state index in [1.807, 2.05) is 24.3 Å². The van der Waals surface area contributed by atoms with Crippen molar-refractivity contribution in [3.8, 4) is 5.75 Å². The topological polar surface area (TPSA) is 49.8 Å². The zero-order valence-electron chi connectivity index (χ0n) is 11.3. The van der Waals surface area contributed by atoms with Crippen LogP contribution in [0.3, 0.4) is 0 Å². The summed E-state index contributed by atoms with van der Waals surface area (Å²) < 4.78 is 5.13. The molecule has 0 saturated carbocycles. The fraction of sp³-hybridized carbons (Fsp3) is 0.400. The van der Waals surface area contributed by atoms with E-state index in [-0.39, 0.29) is 5.91 Å². The minimum absolute atomic E-state index is 0.0689. The van der Waals surface area contributed by atoms with Crippen molar-refractivity contribution < 1.29 is 14.6 Å². The van der Waals surface area contributed by atoms with Gasteiger partial charge in [-0.3, -0.25) is 4.79 Å². The second-order valence-electron chi connectivity index (χ2n) is 5.12. The number of amides is 1. The molecule has 4 heteroatoms. The monoisotopic (exact) mass is 261 g/mol. The summed E-state index contributed by atoms with van der Waals surface area (Å²) in [5, 5.41) is 9.83. The third-order valence-corrected chi connectivity index (χ3v) is 3.28. The SMILES string of the molecule is COc1cccc(/C=C/C(=O)N2CCC(C)(O)C2)c1. The molecule has 1 heterocycles. The van der Waals surface area contributed by atoms with Gasteiger partial charge in [-0.25, -0.2) is 0 Å². The average molecular weight is 261 g/mol. The lowest BCUT2D eigenvalue weighted by atomic mass is 10.1. The van der Waals surface area contributed by atoms with Crippen LogP contribution in [0.25, 0.3) is 6.08 Å². The Kier molecular flexibility index (Phi) is 3.90. The fourth-order valence-electron chi connectivity index (χ4n) is 2.15. The minimum atomic E-state index is -0.751. The van der Waals surface area contributed by atoms with Crippen molar-refractivity contribution in [1.29, 1.82) is 0 Å². The fourth-order valence-corrected chi connectivity index (χ4v) is 2.15. The maximum Gasteiger partial charge on any atom is 0.246 e. The van der Waals surface area contributed by atoms with Crippen LogP contribution in [0.5, 0.6) is 5.75 Å². The number of likely N-dealkylation sites (tertiary alicyclic amines) is 1. The maximum atomic E-state index is 12.0. The summed E-state index contributed by atoms with van der Waals surface area (Å²) in [6, 6.07) is 7.51. The van der Waals surface area contributed by atoms with E-state index in [4.69, 9.17) is 4.74 Å². The predicted octanol–water partition coefficient (Wildman–Crippen LogP) is 1.69. The van der Waals surface area contributed by atoms with Crippen LogP contribution in [0, 0.1) is 0 Å². The molecular weight excluding hydrogens is 242 g/mol. The molecule has 1 atom stereocenters. The molecule has 0 spiro atoms. The highest BCUT2D eigenvalue weighted by Gasteiger charge is 2.32. The molecule has 102 valence electrons. The molecule has 1 amide bonds. The summed E-state index contributed by atoms with van der Waals surface area (Å²) in [4.78, 5) is 13.6. The first-order valence-electron chi connectivity index (χ1n) is 6.34.